The topological polar surface area (TPSA) is 67.4 Å². The number of thiazole rings is 1. The van der Waals surface area contributed by atoms with Crippen LogP contribution in [0.15, 0.2) is 48.8 Å². The lowest BCUT2D eigenvalue weighted by atomic mass is 10.2. The van der Waals surface area contributed by atoms with Crippen molar-refractivity contribution in [3.05, 3.63) is 53.8 Å². The lowest BCUT2D eigenvalue weighted by Gasteiger charge is -2.35. The van der Waals surface area contributed by atoms with Gasteiger partial charge in [0.15, 0.2) is 5.01 Å². The normalized spacial score (nSPS) is 16.3. The van der Waals surface area contributed by atoms with E-state index in [1.807, 2.05) is 41.3 Å². The van der Waals surface area contributed by atoms with Gasteiger partial charge in [0, 0.05) is 25.8 Å². The number of nitrogens with zero attached hydrogens (tertiary/aromatic N) is 3. The molecule has 1 saturated heterocycles. The third-order valence-corrected chi connectivity index (χ3v) is 5.19. The van der Waals surface area contributed by atoms with E-state index in [1.54, 1.807) is 12.4 Å². The van der Waals surface area contributed by atoms with Gasteiger partial charge in [-0.3, -0.25) is 9.78 Å². The molecule has 0 spiro atoms. The Kier molecular flexibility index (Phi) is 7.79. The van der Waals surface area contributed by atoms with Crippen molar-refractivity contribution in [1.29, 1.82) is 0 Å². The van der Waals surface area contributed by atoms with Crippen LogP contribution >= 0.6 is 36.2 Å². The summed E-state index contributed by atoms with van der Waals surface area (Å²) in [7, 11) is 0. The number of halogens is 2. The van der Waals surface area contributed by atoms with Crippen LogP contribution in [0.1, 0.15) is 9.80 Å². The highest BCUT2D eigenvalue weighted by Crippen LogP contribution is 2.23. The summed E-state index contributed by atoms with van der Waals surface area (Å²) in [5.74, 6) is 0.683. The molecule has 6 nitrogen and oxygen atoms in total. The molecule has 4 rings (SSSR count). The molecule has 27 heavy (non-hydrogen) atoms. The van der Waals surface area contributed by atoms with Crippen LogP contribution in [-0.4, -0.2) is 53.1 Å². The van der Waals surface area contributed by atoms with E-state index in [4.69, 9.17) is 4.74 Å². The third-order valence-electron chi connectivity index (χ3n) is 4.16. The van der Waals surface area contributed by atoms with Gasteiger partial charge in [-0.1, -0.05) is 12.1 Å². The average Bonchev–Trinajstić information content (AvgIpc) is 3.11. The number of fused-ring (bicyclic) bond motifs is 1. The molecule has 3 heterocycles. The fraction of sp³-hybridized carbons (Fsp3) is 0.278. The molecule has 1 atom stereocenters. The molecule has 2 aromatic heterocycles. The predicted octanol–water partition coefficient (Wildman–Crippen LogP) is 3.03. The van der Waals surface area contributed by atoms with Crippen molar-refractivity contribution >= 4 is 52.3 Å². The summed E-state index contributed by atoms with van der Waals surface area (Å²) in [5.41, 5.74) is 0.870. The van der Waals surface area contributed by atoms with Crippen LogP contribution in [0.4, 0.5) is 0 Å². The maximum absolute atomic E-state index is 13.0. The Bertz CT molecular complexity index is 845. The number of pyridine rings is 1. The number of benzene rings is 1. The lowest BCUT2D eigenvalue weighted by Crippen LogP contribution is -2.55. The second-order valence-corrected chi connectivity index (χ2v) is 6.87. The van der Waals surface area contributed by atoms with Crippen LogP contribution in [0.25, 0.3) is 10.2 Å². The Morgan fingerprint density at radius 3 is 2.89 bits per heavy atom. The van der Waals surface area contributed by atoms with Crippen LogP contribution in [0.3, 0.4) is 0 Å². The molecule has 1 aliphatic rings. The zero-order chi connectivity index (χ0) is 17.1. The highest BCUT2D eigenvalue weighted by molar-refractivity contribution is 7.20. The number of para-hydroxylation sites is 1. The summed E-state index contributed by atoms with van der Waals surface area (Å²) < 4.78 is 6.84. The highest BCUT2D eigenvalue weighted by atomic mass is 35.5. The van der Waals surface area contributed by atoms with E-state index < -0.39 is 0 Å². The molecule has 3 aromatic rings. The SMILES string of the molecule is Cl.Cl.O=C(c1nc2ccccc2s1)N1CCNCC1COc1cccnc1. The predicted molar refractivity (Wildman–Crippen MR) is 112 cm³/mol. The van der Waals surface area contributed by atoms with Crippen LogP contribution < -0.4 is 10.1 Å². The van der Waals surface area contributed by atoms with Crippen molar-refractivity contribution in [3.63, 3.8) is 0 Å². The number of carbonyl (C=O) groups excluding carboxylic acids is 1. The van der Waals surface area contributed by atoms with Gasteiger partial charge in [-0.25, -0.2) is 4.98 Å². The average molecular weight is 427 g/mol. The summed E-state index contributed by atoms with van der Waals surface area (Å²) in [4.78, 5) is 23.4. The summed E-state index contributed by atoms with van der Waals surface area (Å²) in [6.07, 6.45) is 3.38. The Hall–Kier alpha value is -1.93. The quantitative estimate of drug-likeness (QED) is 0.694. The number of amides is 1. The number of hydrogen-bond acceptors (Lipinski definition) is 6. The molecular formula is C18H20Cl2N4O2S. The maximum Gasteiger partial charge on any atom is 0.283 e. The zero-order valence-corrected chi connectivity index (χ0v) is 16.9. The molecule has 9 heteroatoms. The number of carbonyl (C=O) groups is 1. The van der Waals surface area contributed by atoms with Crippen LogP contribution in [-0.2, 0) is 0 Å². The van der Waals surface area contributed by atoms with Gasteiger partial charge >= 0.3 is 0 Å². The molecule has 0 bridgehead atoms. The minimum Gasteiger partial charge on any atom is -0.490 e. The molecular weight excluding hydrogens is 407 g/mol. The van der Waals surface area contributed by atoms with Gasteiger partial charge in [0.1, 0.15) is 12.4 Å². The summed E-state index contributed by atoms with van der Waals surface area (Å²) in [6, 6.07) is 11.5. The third kappa shape index (κ3) is 4.87. The largest absolute Gasteiger partial charge is 0.490 e. The van der Waals surface area contributed by atoms with Crippen molar-refractivity contribution in [1.82, 2.24) is 20.2 Å². The van der Waals surface area contributed by atoms with Crippen LogP contribution in [0.5, 0.6) is 5.75 Å². The van der Waals surface area contributed by atoms with Gasteiger partial charge in [0.25, 0.3) is 5.91 Å². The minimum atomic E-state index is -0.0338. The molecule has 1 unspecified atom stereocenters. The molecule has 144 valence electrons. The smallest absolute Gasteiger partial charge is 0.283 e. The summed E-state index contributed by atoms with van der Waals surface area (Å²) in [6.45, 7) is 2.56. The van der Waals surface area contributed by atoms with E-state index in [-0.39, 0.29) is 36.8 Å². The molecule has 1 N–H and O–H groups in total. The highest BCUT2D eigenvalue weighted by Gasteiger charge is 2.29. The van der Waals surface area contributed by atoms with E-state index in [1.165, 1.54) is 11.3 Å². The van der Waals surface area contributed by atoms with E-state index in [9.17, 15) is 4.79 Å². The number of hydrogen-bond donors (Lipinski definition) is 1. The van der Waals surface area contributed by atoms with E-state index >= 15 is 0 Å². The number of rotatable bonds is 4. The zero-order valence-electron chi connectivity index (χ0n) is 14.4. The molecule has 0 aliphatic carbocycles. The van der Waals surface area contributed by atoms with Gasteiger partial charge < -0.3 is 15.0 Å². The van der Waals surface area contributed by atoms with E-state index in [0.717, 1.165) is 16.8 Å². The fourth-order valence-corrected chi connectivity index (χ4v) is 3.81. The number of piperazine rings is 1. The number of ether oxygens (including phenoxy) is 1. The monoisotopic (exact) mass is 426 g/mol. The van der Waals surface area contributed by atoms with Crippen molar-refractivity contribution < 1.29 is 9.53 Å². The fourth-order valence-electron chi connectivity index (χ4n) is 2.89. The molecule has 0 radical (unpaired) electrons. The molecule has 1 aromatic carbocycles. The first kappa shape index (κ1) is 21.4. The van der Waals surface area contributed by atoms with E-state index in [0.29, 0.717) is 30.5 Å². The second kappa shape index (κ2) is 9.85. The first-order chi connectivity index (χ1) is 12.3. The van der Waals surface area contributed by atoms with Gasteiger partial charge in [0.2, 0.25) is 0 Å². The van der Waals surface area contributed by atoms with Crippen molar-refractivity contribution in [3.8, 4) is 5.75 Å². The second-order valence-electron chi connectivity index (χ2n) is 5.84. The first-order valence-corrected chi connectivity index (χ1v) is 9.03. The molecule has 1 aliphatic heterocycles. The first-order valence-electron chi connectivity index (χ1n) is 8.21. The molecule has 1 amide bonds. The molecule has 1 fully saturated rings. The number of nitrogens with one attached hydrogen (secondary N) is 1. The minimum absolute atomic E-state index is 0. The number of aromatic nitrogens is 2. The summed E-state index contributed by atoms with van der Waals surface area (Å²) in [5, 5.41) is 3.86. The van der Waals surface area contributed by atoms with Crippen LogP contribution in [0.2, 0.25) is 0 Å². The molecule has 0 saturated carbocycles. The standard InChI is InChI=1S/C18H18N4O2S.2ClH/c23-18(17-21-15-5-1-2-6-16(15)25-17)22-9-8-20-10-13(22)12-24-14-4-3-7-19-11-14;;/h1-7,11,13,20H,8-10,12H2;2*1H. The van der Waals surface area contributed by atoms with Crippen LogP contribution in [0, 0.1) is 0 Å². The van der Waals surface area contributed by atoms with Gasteiger partial charge in [0.05, 0.1) is 22.5 Å². The Balaban J connectivity index is 0.00000131. The Labute approximate surface area is 173 Å². The van der Waals surface area contributed by atoms with Crippen molar-refractivity contribution in [2.24, 2.45) is 0 Å². The van der Waals surface area contributed by atoms with Crippen molar-refractivity contribution in [2.45, 2.75) is 6.04 Å². The van der Waals surface area contributed by atoms with Gasteiger partial charge in [-0.2, -0.15) is 0 Å². The van der Waals surface area contributed by atoms with Gasteiger partial charge in [-0.05, 0) is 24.3 Å². The van der Waals surface area contributed by atoms with Crippen molar-refractivity contribution in [2.75, 3.05) is 26.2 Å². The maximum atomic E-state index is 13.0. The van der Waals surface area contributed by atoms with E-state index in [2.05, 4.69) is 15.3 Å². The lowest BCUT2D eigenvalue weighted by molar-refractivity contribution is 0.0559. The Morgan fingerprint density at radius 2 is 2.11 bits per heavy atom. The summed E-state index contributed by atoms with van der Waals surface area (Å²) >= 11 is 1.44. The van der Waals surface area contributed by atoms with Gasteiger partial charge in [-0.15, -0.1) is 36.2 Å². The Morgan fingerprint density at radius 1 is 1.26 bits per heavy atom.